The standard InChI is InChI=1S/C26H32FN5O/c1-19-16-23(13-15-32(19)17-20-6-4-3-5-7-20)31-26(28-2)29-14-12-24-18-33-25(30-24)21-8-10-22(27)11-9-21/h3-11,18-19,23H,12-17H2,1-2H3,(H2,28,29,31). The Morgan fingerprint density at radius 1 is 1.18 bits per heavy atom. The second-order valence-electron chi connectivity index (χ2n) is 8.57. The first kappa shape index (κ1) is 23.0. The topological polar surface area (TPSA) is 65.7 Å². The number of aromatic nitrogens is 1. The van der Waals surface area contributed by atoms with Gasteiger partial charge in [-0.15, -0.1) is 0 Å². The van der Waals surface area contributed by atoms with Gasteiger partial charge in [0.2, 0.25) is 5.89 Å². The Hall–Kier alpha value is -3.19. The average molecular weight is 450 g/mol. The molecule has 2 N–H and O–H groups in total. The average Bonchev–Trinajstić information content (AvgIpc) is 3.30. The van der Waals surface area contributed by atoms with Crippen LogP contribution in [0.5, 0.6) is 0 Å². The van der Waals surface area contributed by atoms with Crippen LogP contribution in [-0.2, 0) is 13.0 Å². The molecule has 33 heavy (non-hydrogen) atoms. The third kappa shape index (κ3) is 6.42. The summed E-state index contributed by atoms with van der Waals surface area (Å²) in [7, 11) is 1.80. The Bertz CT molecular complexity index is 1030. The van der Waals surface area contributed by atoms with Gasteiger partial charge in [-0.2, -0.15) is 0 Å². The molecular formula is C26H32FN5O. The fourth-order valence-electron chi connectivity index (χ4n) is 4.25. The molecule has 0 aliphatic carbocycles. The van der Waals surface area contributed by atoms with Gasteiger partial charge in [0.25, 0.3) is 0 Å². The van der Waals surface area contributed by atoms with Gasteiger partial charge in [-0.25, -0.2) is 9.37 Å². The fourth-order valence-corrected chi connectivity index (χ4v) is 4.25. The summed E-state index contributed by atoms with van der Waals surface area (Å²) in [5, 5.41) is 6.96. The van der Waals surface area contributed by atoms with Crippen LogP contribution in [0.4, 0.5) is 4.39 Å². The predicted octanol–water partition coefficient (Wildman–Crippen LogP) is 4.24. The van der Waals surface area contributed by atoms with Crippen molar-refractivity contribution >= 4 is 5.96 Å². The zero-order valence-corrected chi connectivity index (χ0v) is 19.3. The van der Waals surface area contributed by atoms with Crippen LogP contribution in [0.2, 0.25) is 0 Å². The number of halogens is 1. The number of oxazole rings is 1. The third-order valence-corrected chi connectivity index (χ3v) is 6.12. The maximum Gasteiger partial charge on any atom is 0.226 e. The number of aliphatic imine (C=N–C) groups is 1. The van der Waals surface area contributed by atoms with E-state index in [4.69, 9.17) is 4.42 Å². The summed E-state index contributed by atoms with van der Waals surface area (Å²) in [6.45, 7) is 5.06. The number of hydrogen-bond acceptors (Lipinski definition) is 4. The molecule has 0 bridgehead atoms. The molecular weight excluding hydrogens is 417 g/mol. The first-order valence-electron chi connectivity index (χ1n) is 11.6. The van der Waals surface area contributed by atoms with Crippen molar-refractivity contribution in [2.75, 3.05) is 20.1 Å². The van der Waals surface area contributed by atoms with Gasteiger partial charge in [-0.1, -0.05) is 30.3 Å². The zero-order chi connectivity index (χ0) is 23.0. The van der Waals surface area contributed by atoms with Gasteiger partial charge in [0, 0.05) is 50.7 Å². The lowest BCUT2D eigenvalue weighted by Crippen LogP contribution is -2.51. The lowest BCUT2D eigenvalue weighted by molar-refractivity contribution is 0.134. The lowest BCUT2D eigenvalue weighted by atomic mass is 9.97. The molecule has 2 atom stereocenters. The first-order chi connectivity index (χ1) is 16.1. The second kappa shape index (κ2) is 11.1. The molecule has 1 aliphatic heterocycles. The summed E-state index contributed by atoms with van der Waals surface area (Å²) in [4.78, 5) is 11.4. The fraction of sp³-hybridized carbons (Fsp3) is 0.385. The van der Waals surface area contributed by atoms with Crippen molar-refractivity contribution < 1.29 is 8.81 Å². The SMILES string of the molecule is CN=C(NCCc1coc(-c2ccc(F)cc2)n1)NC1CCN(Cc2ccccc2)C(C)C1. The smallest absolute Gasteiger partial charge is 0.226 e. The van der Waals surface area contributed by atoms with Gasteiger partial charge < -0.3 is 15.1 Å². The van der Waals surface area contributed by atoms with Crippen molar-refractivity contribution in [3.05, 3.63) is 77.9 Å². The predicted molar refractivity (Wildman–Crippen MR) is 129 cm³/mol. The minimum atomic E-state index is -0.273. The monoisotopic (exact) mass is 449 g/mol. The van der Waals surface area contributed by atoms with Gasteiger partial charge >= 0.3 is 0 Å². The lowest BCUT2D eigenvalue weighted by Gasteiger charge is -2.38. The molecule has 1 saturated heterocycles. The van der Waals surface area contributed by atoms with Crippen LogP contribution >= 0.6 is 0 Å². The van der Waals surface area contributed by atoms with E-state index in [9.17, 15) is 4.39 Å². The Kier molecular flexibility index (Phi) is 7.73. The van der Waals surface area contributed by atoms with Crippen LogP contribution < -0.4 is 10.6 Å². The molecule has 2 unspecified atom stereocenters. The van der Waals surface area contributed by atoms with Crippen LogP contribution in [0.15, 0.2) is 70.3 Å². The number of guanidine groups is 1. The summed E-state index contributed by atoms with van der Waals surface area (Å²) < 4.78 is 18.7. The highest BCUT2D eigenvalue weighted by Crippen LogP contribution is 2.20. The normalized spacial score (nSPS) is 19.4. The van der Waals surface area contributed by atoms with Crippen LogP contribution in [0, 0.1) is 5.82 Å². The third-order valence-electron chi connectivity index (χ3n) is 6.12. The maximum absolute atomic E-state index is 13.1. The minimum absolute atomic E-state index is 0.273. The van der Waals surface area contributed by atoms with E-state index < -0.39 is 0 Å². The Labute approximate surface area is 194 Å². The first-order valence-corrected chi connectivity index (χ1v) is 11.6. The van der Waals surface area contributed by atoms with E-state index in [1.165, 1.54) is 17.7 Å². The zero-order valence-electron chi connectivity index (χ0n) is 19.3. The van der Waals surface area contributed by atoms with E-state index in [0.29, 0.717) is 30.9 Å². The van der Waals surface area contributed by atoms with Crippen molar-refractivity contribution in [3.8, 4) is 11.5 Å². The second-order valence-corrected chi connectivity index (χ2v) is 8.57. The number of nitrogens with one attached hydrogen (secondary N) is 2. The van der Waals surface area contributed by atoms with Gasteiger partial charge in [-0.3, -0.25) is 9.89 Å². The minimum Gasteiger partial charge on any atom is -0.444 e. The molecule has 1 aromatic heterocycles. The van der Waals surface area contributed by atoms with Gasteiger partial charge in [0.1, 0.15) is 12.1 Å². The van der Waals surface area contributed by atoms with Gasteiger partial charge in [0.15, 0.2) is 5.96 Å². The van der Waals surface area contributed by atoms with Crippen molar-refractivity contribution in [2.24, 2.45) is 4.99 Å². The number of rotatable bonds is 7. The highest BCUT2D eigenvalue weighted by molar-refractivity contribution is 5.80. The van der Waals surface area contributed by atoms with Crippen LogP contribution in [0.3, 0.4) is 0 Å². The maximum atomic E-state index is 13.1. The number of nitrogens with zero attached hydrogens (tertiary/aromatic N) is 3. The molecule has 1 fully saturated rings. The van der Waals surface area contributed by atoms with Crippen LogP contribution in [0.25, 0.3) is 11.5 Å². The number of piperidine rings is 1. The summed E-state index contributed by atoms with van der Waals surface area (Å²) in [5.41, 5.74) is 2.98. The van der Waals surface area contributed by atoms with E-state index >= 15 is 0 Å². The number of benzene rings is 2. The van der Waals surface area contributed by atoms with E-state index in [1.54, 1.807) is 25.4 Å². The van der Waals surface area contributed by atoms with E-state index in [-0.39, 0.29) is 5.82 Å². The van der Waals surface area contributed by atoms with Crippen LogP contribution in [-0.4, -0.2) is 48.1 Å². The summed E-state index contributed by atoms with van der Waals surface area (Å²) >= 11 is 0. The number of hydrogen-bond donors (Lipinski definition) is 2. The van der Waals surface area contributed by atoms with E-state index in [1.807, 2.05) is 0 Å². The highest BCUT2D eigenvalue weighted by atomic mass is 19.1. The highest BCUT2D eigenvalue weighted by Gasteiger charge is 2.25. The molecule has 6 nitrogen and oxygen atoms in total. The molecule has 0 amide bonds. The molecule has 0 saturated carbocycles. The molecule has 1 aliphatic rings. The largest absolute Gasteiger partial charge is 0.444 e. The molecule has 2 aromatic carbocycles. The van der Waals surface area contributed by atoms with Crippen LogP contribution in [0.1, 0.15) is 31.0 Å². The Balaban J connectivity index is 1.21. The molecule has 174 valence electrons. The van der Waals surface area contributed by atoms with Crippen molar-refractivity contribution in [1.29, 1.82) is 0 Å². The Morgan fingerprint density at radius 3 is 2.70 bits per heavy atom. The molecule has 0 spiro atoms. The molecule has 0 radical (unpaired) electrons. The molecule has 2 heterocycles. The van der Waals surface area contributed by atoms with E-state index in [0.717, 1.165) is 43.1 Å². The van der Waals surface area contributed by atoms with E-state index in [2.05, 4.69) is 62.8 Å². The Morgan fingerprint density at radius 2 is 1.97 bits per heavy atom. The van der Waals surface area contributed by atoms with Crippen molar-refractivity contribution in [1.82, 2.24) is 20.5 Å². The van der Waals surface area contributed by atoms with Gasteiger partial charge in [-0.05, 0) is 49.6 Å². The van der Waals surface area contributed by atoms with Gasteiger partial charge in [0.05, 0.1) is 5.69 Å². The summed E-state index contributed by atoms with van der Waals surface area (Å²) in [6, 6.07) is 17.7. The molecule has 7 heteroatoms. The number of likely N-dealkylation sites (tertiary alicyclic amines) is 1. The van der Waals surface area contributed by atoms with Crippen molar-refractivity contribution in [3.63, 3.8) is 0 Å². The molecule has 3 aromatic rings. The molecule has 4 rings (SSSR count). The van der Waals surface area contributed by atoms with Crippen molar-refractivity contribution in [2.45, 2.75) is 44.8 Å². The summed E-state index contributed by atoms with van der Waals surface area (Å²) in [6.07, 6.45) is 4.53. The summed E-state index contributed by atoms with van der Waals surface area (Å²) in [5.74, 6) is 1.04. The quantitative estimate of drug-likeness (QED) is 0.417.